The lowest BCUT2D eigenvalue weighted by atomic mass is 10.1. The average molecular weight is 371 g/mol. The van der Waals surface area contributed by atoms with Crippen LogP contribution in [-0.2, 0) is 6.54 Å². The predicted molar refractivity (Wildman–Crippen MR) is 109 cm³/mol. The number of hydrogen-bond donors (Lipinski definition) is 3. The molecule has 0 unspecified atom stereocenters. The van der Waals surface area contributed by atoms with Gasteiger partial charge in [-0.3, -0.25) is 10.00 Å². The van der Waals surface area contributed by atoms with Crippen LogP contribution in [-0.4, -0.2) is 44.4 Å². The third kappa shape index (κ3) is 3.05. The number of H-pyrrole nitrogens is 2. The van der Waals surface area contributed by atoms with Crippen LogP contribution >= 0.6 is 0 Å². The second-order valence-corrected chi connectivity index (χ2v) is 7.56. The Balaban J connectivity index is 1.45. The molecule has 0 saturated carbocycles. The van der Waals surface area contributed by atoms with Gasteiger partial charge in [-0.2, -0.15) is 10.4 Å². The van der Waals surface area contributed by atoms with E-state index in [1.54, 1.807) is 0 Å². The maximum Gasteiger partial charge on any atom is 0.116 e. The van der Waals surface area contributed by atoms with E-state index in [9.17, 15) is 5.11 Å². The highest BCUT2D eigenvalue weighted by atomic mass is 16.3. The molecular weight excluding hydrogens is 350 g/mol. The van der Waals surface area contributed by atoms with Crippen LogP contribution in [0.15, 0.2) is 42.5 Å². The van der Waals surface area contributed by atoms with E-state index in [0.717, 1.165) is 65.7 Å². The van der Waals surface area contributed by atoms with E-state index in [1.165, 1.54) is 5.56 Å². The summed E-state index contributed by atoms with van der Waals surface area (Å²) in [4.78, 5) is 5.89. The molecule has 5 rings (SSSR count). The van der Waals surface area contributed by atoms with Gasteiger partial charge in [0.15, 0.2) is 0 Å². The van der Waals surface area contributed by atoms with E-state index in [1.807, 2.05) is 18.2 Å². The zero-order valence-electron chi connectivity index (χ0n) is 15.4. The molecule has 28 heavy (non-hydrogen) atoms. The smallest absolute Gasteiger partial charge is 0.116 e. The number of aliphatic hydroxyl groups excluding tert-OH is 1. The fourth-order valence-electron chi connectivity index (χ4n) is 4.03. The molecule has 4 aromatic rings. The molecule has 0 aliphatic carbocycles. The number of piperidine rings is 1. The lowest BCUT2D eigenvalue weighted by Crippen LogP contribution is -2.35. The number of hydrogen-bond acceptors (Lipinski definition) is 4. The third-order valence-corrected chi connectivity index (χ3v) is 5.60. The summed E-state index contributed by atoms with van der Waals surface area (Å²) in [5.41, 5.74) is 5.67. The Labute approximate surface area is 162 Å². The van der Waals surface area contributed by atoms with Crippen molar-refractivity contribution >= 4 is 21.8 Å². The SMILES string of the molecule is N#Cc1ccc2c(-c3cc4ccc(CN5CCC(O)CC5)cc4[nH]3)n[nH]c2c1. The minimum atomic E-state index is -0.141. The van der Waals surface area contributed by atoms with E-state index in [2.05, 4.69) is 50.4 Å². The summed E-state index contributed by atoms with van der Waals surface area (Å²) in [5, 5.41) is 28.4. The van der Waals surface area contributed by atoms with Gasteiger partial charge >= 0.3 is 0 Å². The molecule has 1 aliphatic rings. The topological polar surface area (TPSA) is 91.7 Å². The summed E-state index contributed by atoms with van der Waals surface area (Å²) in [5.74, 6) is 0. The fourth-order valence-corrected chi connectivity index (χ4v) is 4.03. The van der Waals surface area contributed by atoms with Crippen LogP contribution in [0, 0.1) is 11.3 Å². The van der Waals surface area contributed by atoms with Crippen molar-refractivity contribution < 1.29 is 5.11 Å². The largest absolute Gasteiger partial charge is 0.393 e. The number of benzene rings is 2. The van der Waals surface area contributed by atoms with Gasteiger partial charge in [0.25, 0.3) is 0 Å². The molecule has 3 heterocycles. The van der Waals surface area contributed by atoms with Gasteiger partial charge < -0.3 is 10.1 Å². The summed E-state index contributed by atoms with van der Waals surface area (Å²) >= 11 is 0. The maximum atomic E-state index is 9.68. The Morgan fingerprint density at radius 3 is 2.79 bits per heavy atom. The molecule has 0 atom stereocenters. The highest BCUT2D eigenvalue weighted by Gasteiger charge is 2.17. The number of aromatic amines is 2. The first-order chi connectivity index (χ1) is 13.7. The number of nitrogens with zero attached hydrogens (tertiary/aromatic N) is 3. The molecule has 0 bridgehead atoms. The molecule has 2 aromatic carbocycles. The van der Waals surface area contributed by atoms with Crippen molar-refractivity contribution in [3.05, 3.63) is 53.6 Å². The number of likely N-dealkylation sites (tertiary alicyclic amines) is 1. The van der Waals surface area contributed by atoms with Crippen LogP contribution in [0.4, 0.5) is 0 Å². The van der Waals surface area contributed by atoms with Gasteiger partial charge in [-0.15, -0.1) is 0 Å². The second kappa shape index (κ2) is 6.79. The molecule has 1 saturated heterocycles. The highest BCUT2D eigenvalue weighted by Crippen LogP contribution is 2.29. The van der Waals surface area contributed by atoms with Gasteiger partial charge in [0, 0.05) is 35.9 Å². The Morgan fingerprint density at radius 1 is 1.11 bits per heavy atom. The van der Waals surface area contributed by atoms with Crippen LogP contribution in [0.3, 0.4) is 0 Å². The van der Waals surface area contributed by atoms with Crippen molar-refractivity contribution in [2.75, 3.05) is 13.1 Å². The average Bonchev–Trinajstić information content (AvgIpc) is 3.32. The number of aromatic nitrogens is 3. The molecule has 6 nitrogen and oxygen atoms in total. The standard InChI is InChI=1S/C22H21N5O/c23-12-14-2-4-18-20(9-14)25-26-22(18)21-11-16-3-1-15(10-19(16)24-21)13-27-7-5-17(28)6-8-27/h1-4,9-11,17,24,28H,5-8,13H2,(H,25,26). The quantitative estimate of drug-likeness (QED) is 0.514. The van der Waals surface area contributed by atoms with Crippen LogP contribution in [0.5, 0.6) is 0 Å². The molecule has 2 aromatic heterocycles. The summed E-state index contributed by atoms with van der Waals surface area (Å²) in [7, 11) is 0. The molecule has 0 spiro atoms. The van der Waals surface area contributed by atoms with Crippen molar-refractivity contribution in [1.29, 1.82) is 5.26 Å². The van der Waals surface area contributed by atoms with Crippen LogP contribution in [0.1, 0.15) is 24.0 Å². The molecule has 140 valence electrons. The van der Waals surface area contributed by atoms with Crippen molar-refractivity contribution in [3.8, 4) is 17.5 Å². The van der Waals surface area contributed by atoms with E-state index in [0.29, 0.717) is 5.56 Å². The highest BCUT2D eigenvalue weighted by molar-refractivity contribution is 5.96. The second-order valence-electron chi connectivity index (χ2n) is 7.56. The van der Waals surface area contributed by atoms with Gasteiger partial charge in [0.2, 0.25) is 0 Å². The monoisotopic (exact) mass is 371 g/mol. The van der Waals surface area contributed by atoms with Crippen molar-refractivity contribution in [3.63, 3.8) is 0 Å². The van der Waals surface area contributed by atoms with Crippen LogP contribution in [0.25, 0.3) is 33.2 Å². The number of aliphatic hydroxyl groups is 1. The number of nitrogens with one attached hydrogen (secondary N) is 2. The molecule has 3 N–H and O–H groups in total. The maximum absolute atomic E-state index is 9.68. The van der Waals surface area contributed by atoms with Gasteiger partial charge in [0.05, 0.1) is 28.9 Å². The van der Waals surface area contributed by atoms with Crippen molar-refractivity contribution in [2.24, 2.45) is 0 Å². The van der Waals surface area contributed by atoms with Gasteiger partial charge in [0.1, 0.15) is 5.69 Å². The van der Waals surface area contributed by atoms with Crippen LogP contribution < -0.4 is 0 Å². The zero-order chi connectivity index (χ0) is 19.1. The minimum Gasteiger partial charge on any atom is -0.393 e. The lowest BCUT2D eigenvalue weighted by molar-refractivity contribution is 0.0792. The number of rotatable bonds is 3. The van der Waals surface area contributed by atoms with E-state index >= 15 is 0 Å². The number of fused-ring (bicyclic) bond motifs is 2. The Hall–Kier alpha value is -3.14. The summed E-state index contributed by atoms with van der Waals surface area (Å²) in [6.45, 7) is 2.79. The Bertz CT molecular complexity index is 1190. The molecular formula is C22H21N5O. The van der Waals surface area contributed by atoms with Crippen LogP contribution in [0.2, 0.25) is 0 Å². The molecule has 6 heteroatoms. The molecule has 1 fully saturated rings. The summed E-state index contributed by atoms with van der Waals surface area (Å²) in [6.07, 6.45) is 1.57. The van der Waals surface area contributed by atoms with Gasteiger partial charge in [-0.1, -0.05) is 12.1 Å². The van der Waals surface area contributed by atoms with Crippen molar-refractivity contribution in [2.45, 2.75) is 25.5 Å². The van der Waals surface area contributed by atoms with E-state index < -0.39 is 0 Å². The van der Waals surface area contributed by atoms with Gasteiger partial charge in [-0.25, -0.2) is 0 Å². The molecule has 1 aliphatic heterocycles. The fraction of sp³-hybridized carbons (Fsp3) is 0.273. The first-order valence-corrected chi connectivity index (χ1v) is 9.60. The Morgan fingerprint density at radius 2 is 1.96 bits per heavy atom. The summed E-state index contributed by atoms with van der Waals surface area (Å²) < 4.78 is 0. The predicted octanol–water partition coefficient (Wildman–Crippen LogP) is 3.54. The lowest BCUT2D eigenvalue weighted by Gasteiger charge is -2.29. The Kier molecular flexibility index (Phi) is 4.12. The third-order valence-electron chi connectivity index (χ3n) is 5.60. The van der Waals surface area contributed by atoms with Gasteiger partial charge in [-0.05, 0) is 48.7 Å². The first-order valence-electron chi connectivity index (χ1n) is 9.60. The normalized spacial score (nSPS) is 16.0. The summed E-state index contributed by atoms with van der Waals surface area (Å²) in [6, 6.07) is 16.4. The van der Waals surface area contributed by atoms with Crippen molar-refractivity contribution in [1.82, 2.24) is 20.1 Å². The van der Waals surface area contributed by atoms with E-state index in [-0.39, 0.29) is 6.10 Å². The van der Waals surface area contributed by atoms with E-state index in [4.69, 9.17) is 5.26 Å². The zero-order valence-corrected chi connectivity index (χ0v) is 15.4. The molecule has 0 radical (unpaired) electrons. The first kappa shape index (κ1) is 17.0. The number of nitriles is 1. The molecule has 0 amide bonds. The minimum absolute atomic E-state index is 0.141.